The van der Waals surface area contributed by atoms with Crippen molar-refractivity contribution >= 4 is 18.4 Å². The van der Waals surface area contributed by atoms with E-state index in [9.17, 15) is 5.11 Å². The fourth-order valence-corrected chi connectivity index (χ4v) is 2.43. The van der Waals surface area contributed by atoms with Crippen molar-refractivity contribution in [1.29, 1.82) is 0 Å². The minimum atomic E-state index is -0.796. The van der Waals surface area contributed by atoms with Gasteiger partial charge in [0.05, 0.1) is 16.8 Å². The molecule has 6 heteroatoms. The molecule has 5 nitrogen and oxygen atoms in total. The summed E-state index contributed by atoms with van der Waals surface area (Å²) in [6, 6.07) is 1.73. The van der Waals surface area contributed by atoms with Crippen LogP contribution < -0.4 is 11.2 Å². The Hall–Kier alpha value is -1.11. The topological polar surface area (TPSA) is 77.6 Å². The monoisotopic (exact) mass is 276 g/mol. The summed E-state index contributed by atoms with van der Waals surface area (Å²) in [5, 5.41) is 10.4. The lowest BCUT2D eigenvalue weighted by Gasteiger charge is -2.32. The van der Waals surface area contributed by atoms with Crippen molar-refractivity contribution in [2.75, 3.05) is 5.73 Å². The van der Waals surface area contributed by atoms with Crippen LogP contribution in [-0.2, 0) is 14.9 Å². The molecule has 0 spiro atoms. The normalized spacial score (nSPS) is 25.8. The number of rotatable bonds is 2. The summed E-state index contributed by atoms with van der Waals surface area (Å²) in [5.74, 6) is 0.403. The molecular weight excluding hydrogens is 255 g/mol. The third-order valence-corrected chi connectivity index (χ3v) is 4.69. The van der Waals surface area contributed by atoms with Gasteiger partial charge in [-0.3, -0.25) is 0 Å². The van der Waals surface area contributed by atoms with E-state index in [1.807, 2.05) is 27.7 Å². The highest BCUT2D eigenvalue weighted by Crippen LogP contribution is 2.46. The molecule has 1 aromatic heterocycles. The number of nitrogen functional groups attached to an aromatic ring is 1. The molecule has 0 radical (unpaired) electrons. The highest BCUT2D eigenvalue weighted by atomic mass is 16.7. The molecule has 2 aliphatic rings. The second-order valence-corrected chi connectivity index (χ2v) is 6.82. The molecule has 3 N–H and O–H groups in total. The van der Waals surface area contributed by atoms with E-state index in [0.29, 0.717) is 5.82 Å². The first kappa shape index (κ1) is 13.9. The minimum absolute atomic E-state index is 0.403. The molecule has 1 aromatic rings. The van der Waals surface area contributed by atoms with Gasteiger partial charge in [0.15, 0.2) is 0 Å². The summed E-state index contributed by atoms with van der Waals surface area (Å²) in [7, 11) is -0.521. The first-order chi connectivity index (χ1) is 9.15. The average Bonchev–Trinajstić information content (AvgIpc) is 3.02. The zero-order chi connectivity index (χ0) is 14.8. The molecule has 108 valence electrons. The fraction of sp³-hybridized carbons (Fsp3) is 0.643. The van der Waals surface area contributed by atoms with Gasteiger partial charge in [0, 0.05) is 11.7 Å². The van der Waals surface area contributed by atoms with Gasteiger partial charge in [0.25, 0.3) is 0 Å². The molecule has 20 heavy (non-hydrogen) atoms. The fourth-order valence-electron chi connectivity index (χ4n) is 2.43. The number of aliphatic hydroxyl groups is 1. The summed E-state index contributed by atoms with van der Waals surface area (Å²) in [4.78, 5) is 4.13. The van der Waals surface area contributed by atoms with Crippen LogP contribution in [0.5, 0.6) is 0 Å². The van der Waals surface area contributed by atoms with Crippen molar-refractivity contribution in [3.63, 3.8) is 0 Å². The van der Waals surface area contributed by atoms with Gasteiger partial charge < -0.3 is 20.1 Å². The van der Waals surface area contributed by atoms with E-state index in [1.165, 1.54) is 0 Å². The van der Waals surface area contributed by atoms with Crippen molar-refractivity contribution in [3.8, 4) is 0 Å². The van der Waals surface area contributed by atoms with Crippen LogP contribution in [0.4, 0.5) is 5.82 Å². The van der Waals surface area contributed by atoms with Gasteiger partial charge in [-0.25, -0.2) is 4.98 Å². The molecule has 3 rings (SSSR count). The van der Waals surface area contributed by atoms with E-state index in [0.717, 1.165) is 23.9 Å². The SMILES string of the molecule is CC1(C)OB(c2cnc(N)cc2C2(O)CC2)OC1(C)C. The van der Waals surface area contributed by atoms with Gasteiger partial charge in [0.1, 0.15) is 5.82 Å². The molecule has 0 aromatic carbocycles. The third kappa shape index (κ3) is 2.03. The molecule has 1 aliphatic heterocycles. The first-order valence-electron chi connectivity index (χ1n) is 6.99. The van der Waals surface area contributed by atoms with Gasteiger partial charge in [-0.2, -0.15) is 0 Å². The highest BCUT2D eigenvalue weighted by molar-refractivity contribution is 6.62. The molecule has 1 aliphatic carbocycles. The highest BCUT2D eigenvalue weighted by Gasteiger charge is 2.54. The standard InChI is InChI=1S/C14H21BN2O3/c1-12(2)13(3,4)20-15(19-12)10-8-17-11(16)7-9(10)14(18)5-6-14/h7-8,18H,5-6H2,1-4H3,(H2,16,17). The smallest absolute Gasteiger partial charge is 0.399 e. The Morgan fingerprint density at radius 3 is 2.25 bits per heavy atom. The summed E-state index contributed by atoms with van der Waals surface area (Å²) >= 11 is 0. The molecule has 0 atom stereocenters. The summed E-state index contributed by atoms with van der Waals surface area (Å²) in [6.07, 6.45) is 3.13. The maximum Gasteiger partial charge on any atom is 0.496 e. The van der Waals surface area contributed by atoms with Crippen LogP contribution in [0.1, 0.15) is 46.1 Å². The van der Waals surface area contributed by atoms with Crippen LogP contribution in [0.15, 0.2) is 12.3 Å². The average molecular weight is 276 g/mol. The zero-order valence-corrected chi connectivity index (χ0v) is 12.4. The van der Waals surface area contributed by atoms with Crippen molar-refractivity contribution < 1.29 is 14.4 Å². The molecule has 2 fully saturated rings. The van der Waals surface area contributed by atoms with E-state index in [4.69, 9.17) is 15.0 Å². The Morgan fingerprint density at radius 1 is 1.20 bits per heavy atom. The van der Waals surface area contributed by atoms with Crippen LogP contribution in [0.3, 0.4) is 0 Å². The zero-order valence-electron chi connectivity index (χ0n) is 12.4. The summed E-state index contributed by atoms with van der Waals surface area (Å²) in [6.45, 7) is 8.01. The Kier molecular flexibility index (Phi) is 2.75. The van der Waals surface area contributed by atoms with Crippen molar-refractivity contribution in [2.24, 2.45) is 0 Å². The van der Waals surface area contributed by atoms with Crippen LogP contribution in [0, 0.1) is 0 Å². The number of hydrogen-bond donors (Lipinski definition) is 2. The lowest BCUT2D eigenvalue weighted by molar-refractivity contribution is 0.00578. The molecule has 0 bridgehead atoms. The second kappa shape index (κ2) is 3.96. The van der Waals surface area contributed by atoms with Crippen LogP contribution in [-0.4, -0.2) is 28.4 Å². The quantitative estimate of drug-likeness (QED) is 0.786. The largest absolute Gasteiger partial charge is 0.496 e. The van der Waals surface area contributed by atoms with Crippen molar-refractivity contribution in [3.05, 3.63) is 17.8 Å². The number of nitrogens with zero attached hydrogens (tertiary/aromatic N) is 1. The number of aromatic nitrogens is 1. The van der Waals surface area contributed by atoms with E-state index in [1.54, 1.807) is 12.3 Å². The number of pyridine rings is 1. The lowest BCUT2D eigenvalue weighted by atomic mass is 9.75. The predicted molar refractivity (Wildman–Crippen MR) is 77.5 cm³/mol. The Balaban J connectivity index is 2.00. The van der Waals surface area contributed by atoms with Gasteiger partial charge in [0.2, 0.25) is 0 Å². The van der Waals surface area contributed by atoms with E-state index in [2.05, 4.69) is 4.98 Å². The van der Waals surface area contributed by atoms with Gasteiger partial charge >= 0.3 is 7.12 Å². The van der Waals surface area contributed by atoms with Crippen LogP contribution in [0.2, 0.25) is 0 Å². The molecule has 1 saturated heterocycles. The van der Waals surface area contributed by atoms with Crippen LogP contribution in [0.25, 0.3) is 0 Å². The summed E-state index contributed by atoms with van der Waals surface area (Å²) in [5.41, 5.74) is 5.69. The number of anilines is 1. The number of hydrogen-bond acceptors (Lipinski definition) is 5. The van der Waals surface area contributed by atoms with Crippen LogP contribution >= 0.6 is 0 Å². The minimum Gasteiger partial charge on any atom is -0.399 e. The molecule has 1 saturated carbocycles. The Labute approximate surface area is 119 Å². The van der Waals surface area contributed by atoms with Gasteiger partial charge in [-0.15, -0.1) is 0 Å². The third-order valence-electron chi connectivity index (χ3n) is 4.69. The first-order valence-corrected chi connectivity index (χ1v) is 6.99. The second-order valence-electron chi connectivity index (χ2n) is 6.82. The molecule has 0 unspecified atom stereocenters. The Morgan fingerprint density at radius 2 is 1.75 bits per heavy atom. The maximum atomic E-state index is 10.4. The Bertz CT molecular complexity index is 539. The molecule has 0 amide bonds. The van der Waals surface area contributed by atoms with Gasteiger partial charge in [-0.05, 0) is 52.2 Å². The number of nitrogens with two attached hydrogens (primary N) is 1. The van der Waals surface area contributed by atoms with E-state index in [-0.39, 0.29) is 0 Å². The maximum absolute atomic E-state index is 10.4. The molecule has 2 heterocycles. The summed E-state index contributed by atoms with van der Waals surface area (Å²) < 4.78 is 12.1. The van der Waals surface area contributed by atoms with E-state index >= 15 is 0 Å². The van der Waals surface area contributed by atoms with Crippen molar-refractivity contribution in [1.82, 2.24) is 4.98 Å². The molecular formula is C14H21BN2O3. The predicted octanol–water partition coefficient (Wildman–Crippen LogP) is 0.944. The van der Waals surface area contributed by atoms with Crippen molar-refractivity contribution in [2.45, 2.75) is 57.3 Å². The van der Waals surface area contributed by atoms with E-state index < -0.39 is 23.9 Å². The lowest BCUT2D eigenvalue weighted by Crippen LogP contribution is -2.41. The van der Waals surface area contributed by atoms with Gasteiger partial charge in [-0.1, -0.05) is 0 Å².